The van der Waals surface area contributed by atoms with E-state index in [4.69, 9.17) is 9.47 Å². The van der Waals surface area contributed by atoms with Crippen molar-refractivity contribution in [1.29, 1.82) is 0 Å². The number of aliphatic hydroxyl groups excluding tert-OH is 1. The Morgan fingerprint density at radius 2 is 1.80 bits per heavy atom. The molecular weight excluding hydrogens is 254 g/mol. The molecular formula is C16H31NO3. The van der Waals surface area contributed by atoms with Crippen molar-refractivity contribution in [2.75, 3.05) is 26.3 Å². The zero-order chi connectivity index (χ0) is 14.4. The lowest BCUT2D eigenvalue weighted by molar-refractivity contribution is -0.155. The predicted octanol–water partition coefficient (Wildman–Crippen LogP) is 2.40. The highest BCUT2D eigenvalue weighted by atomic mass is 16.7. The first kappa shape index (κ1) is 16.2. The van der Waals surface area contributed by atoms with Crippen LogP contribution in [-0.2, 0) is 9.47 Å². The van der Waals surface area contributed by atoms with Gasteiger partial charge < -0.3 is 14.6 Å². The van der Waals surface area contributed by atoms with Crippen LogP contribution in [0.2, 0.25) is 0 Å². The van der Waals surface area contributed by atoms with Crippen molar-refractivity contribution in [3.05, 3.63) is 0 Å². The van der Waals surface area contributed by atoms with Gasteiger partial charge in [0.05, 0.1) is 6.10 Å². The number of aliphatic hydroxyl groups is 1. The summed E-state index contributed by atoms with van der Waals surface area (Å²) in [5.74, 6) is 0.458. The molecule has 0 radical (unpaired) electrons. The highest BCUT2D eigenvalue weighted by Crippen LogP contribution is 2.35. The molecule has 2 rings (SSSR count). The minimum atomic E-state index is -0.121. The van der Waals surface area contributed by atoms with Crippen LogP contribution < -0.4 is 0 Å². The first-order valence-corrected chi connectivity index (χ1v) is 8.41. The fourth-order valence-corrected chi connectivity index (χ4v) is 3.86. The first-order valence-electron chi connectivity index (χ1n) is 8.41. The topological polar surface area (TPSA) is 41.9 Å². The molecule has 4 nitrogen and oxygen atoms in total. The Kier molecular flexibility index (Phi) is 6.75. The van der Waals surface area contributed by atoms with Crippen LogP contribution in [0.3, 0.4) is 0 Å². The third-order valence-corrected chi connectivity index (χ3v) is 4.78. The van der Waals surface area contributed by atoms with Gasteiger partial charge >= 0.3 is 0 Å². The largest absolute Gasteiger partial charge is 0.393 e. The molecule has 2 aliphatic rings. The second-order valence-electron chi connectivity index (χ2n) is 6.06. The van der Waals surface area contributed by atoms with E-state index in [-0.39, 0.29) is 12.4 Å². The van der Waals surface area contributed by atoms with Gasteiger partial charge in [0.2, 0.25) is 0 Å². The summed E-state index contributed by atoms with van der Waals surface area (Å²) in [4.78, 5) is 2.51. The van der Waals surface area contributed by atoms with Crippen molar-refractivity contribution < 1.29 is 14.6 Å². The van der Waals surface area contributed by atoms with Crippen molar-refractivity contribution in [1.82, 2.24) is 4.90 Å². The quantitative estimate of drug-likeness (QED) is 0.729. The van der Waals surface area contributed by atoms with Crippen molar-refractivity contribution in [2.45, 2.75) is 70.8 Å². The Bertz CT molecular complexity index is 268. The lowest BCUT2D eigenvalue weighted by atomic mass is 9.88. The van der Waals surface area contributed by atoms with E-state index in [9.17, 15) is 5.11 Å². The predicted molar refractivity (Wildman–Crippen MR) is 79.6 cm³/mol. The summed E-state index contributed by atoms with van der Waals surface area (Å²) in [5, 5.41) is 10.2. The number of nitrogens with zero attached hydrogens (tertiary/aromatic N) is 1. The summed E-state index contributed by atoms with van der Waals surface area (Å²) in [5.41, 5.74) is 0. The molecule has 1 saturated carbocycles. The SMILES string of the molecule is CCOC(CN1CCCCC1C1CCCC1O)OCC. The van der Waals surface area contributed by atoms with Crippen LogP contribution in [-0.4, -0.2) is 54.7 Å². The molecule has 1 N–H and O–H groups in total. The van der Waals surface area contributed by atoms with Crippen LogP contribution in [0.15, 0.2) is 0 Å². The number of ether oxygens (including phenoxy) is 2. The second-order valence-corrected chi connectivity index (χ2v) is 6.06. The van der Waals surface area contributed by atoms with Crippen LogP contribution >= 0.6 is 0 Å². The Labute approximate surface area is 123 Å². The Hall–Kier alpha value is -0.160. The van der Waals surface area contributed by atoms with E-state index in [0.717, 1.165) is 19.5 Å². The average Bonchev–Trinajstić information content (AvgIpc) is 2.86. The van der Waals surface area contributed by atoms with Crippen LogP contribution in [0, 0.1) is 5.92 Å². The Balaban J connectivity index is 1.94. The monoisotopic (exact) mass is 285 g/mol. The lowest BCUT2D eigenvalue weighted by Gasteiger charge is -2.41. The molecule has 2 fully saturated rings. The van der Waals surface area contributed by atoms with Crippen molar-refractivity contribution in [3.63, 3.8) is 0 Å². The van der Waals surface area contributed by atoms with Gasteiger partial charge in [0.15, 0.2) is 6.29 Å². The van der Waals surface area contributed by atoms with E-state index in [1.54, 1.807) is 0 Å². The number of rotatable bonds is 7. The normalized spacial score (nSPS) is 32.1. The summed E-state index contributed by atoms with van der Waals surface area (Å²) >= 11 is 0. The first-order chi connectivity index (χ1) is 9.76. The van der Waals surface area contributed by atoms with Crippen LogP contribution in [0.4, 0.5) is 0 Å². The summed E-state index contributed by atoms with van der Waals surface area (Å²) in [7, 11) is 0. The van der Waals surface area contributed by atoms with Gasteiger partial charge in [0, 0.05) is 31.7 Å². The lowest BCUT2D eigenvalue weighted by Crippen LogP contribution is -2.49. The Morgan fingerprint density at radius 3 is 2.40 bits per heavy atom. The van der Waals surface area contributed by atoms with Gasteiger partial charge in [-0.1, -0.05) is 12.8 Å². The van der Waals surface area contributed by atoms with Gasteiger partial charge in [0.25, 0.3) is 0 Å². The number of likely N-dealkylation sites (tertiary alicyclic amines) is 1. The van der Waals surface area contributed by atoms with Crippen LogP contribution in [0.1, 0.15) is 52.4 Å². The van der Waals surface area contributed by atoms with Crippen LogP contribution in [0.25, 0.3) is 0 Å². The fourth-order valence-electron chi connectivity index (χ4n) is 3.86. The smallest absolute Gasteiger partial charge is 0.170 e. The molecule has 118 valence electrons. The number of piperidine rings is 1. The molecule has 1 aliphatic heterocycles. The molecule has 3 atom stereocenters. The summed E-state index contributed by atoms with van der Waals surface area (Å²) in [6, 6.07) is 0.518. The molecule has 0 spiro atoms. The number of hydrogen-bond donors (Lipinski definition) is 1. The Morgan fingerprint density at radius 1 is 1.05 bits per heavy atom. The molecule has 0 aromatic carbocycles. The molecule has 4 heteroatoms. The summed E-state index contributed by atoms with van der Waals surface area (Å²) in [6.45, 7) is 7.37. The van der Waals surface area contributed by atoms with E-state index >= 15 is 0 Å². The molecule has 0 amide bonds. The zero-order valence-corrected chi connectivity index (χ0v) is 13.1. The minimum Gasteiger partial charge on any atom is -0.393 e. The molecule has 0 aromatic rings. The third-order valence-electron chi connectivity index (χ3n) is 4.78. The minimum absolute atomic E-state index is 0.0989. The van der Waals surface area contributed by atoms with Crippen molar-refractivity contribution in [2.24, 2.45) is 5.92 Å². The van der Waals surface area contributed by atoms with Gasteiger partial charge in [-0.15, -0.1) is 0 Å². The van der Waals surface area contributed by atoms with E-state index in [1.165, 1.54) is 32.1 Å². The van der Waals surface area contributed by atoms with E-state index in [1.807, 2.05) is 13.8 Å². The van der Waals surface area contributed by atoms with Gasteiger partial charge in [0.1, 0.15) is 0 Å². The molecule has 1 heterocycles. The van der Waals surface area contributed by atoms with Crippen molar-refractivity contribution >= 4 is 0 Å². The highest BCUT2D eigenvalue weighted by molar-refractivity contribution is 4.90. The standard InChI is InChI=1S/C16H31NO3/c1-3-19-16(20-4-2)12-17-11-6-5-9-14(17)13-8-7-10-15(13)18/h13-16,18H,3-12H2,1-2H3. The molecule has 3 unspecified atom stereocenters. The summed E-state index contributed by atoms with van der Waals surface area (Å²) < 4.78 is 11.4. The molecule has 20 heavy (non-hydrogen) atoms. The van der Waals surface area contributed by atoms with Gasteiger partial charge in [-0.2, -0.15) is 0 Å². The zero-order valence-electron chi connectivity index (χ0n) is 13.1. The van der Waals surface area contributed by atoms with Gasteiger partial charge in [-0.05, 0) is 46.1 Å². The average molecular weight is 285 g/mol. The fraction of sp³-hybridized carbons (Fsp3) is 1.00. The maximum atomic E-state index is 10.2. The van der Waals surface area contributed by atoms with E-state index < -0.39 is 0 Å². The third kappa shape index (κ3) is 4.17. The highest BCUT2D eigenvalue weighted by Gasteiger charge is 2.37. The van der Waals surface area contributed by atoms with E-state index in [2.05, 4.69) is 4.90 Å². The molecule has 1 saturated heterocycles. The molecule has 0 bridgehead atoms. The number of hydrogen-bond acceptors (Lipinski definition) is 4. The van der Waals surface area contributed by atoms with Gasteiger partial charge in [-0.3, -0.25) is 4.90 Å². The van der Waals surface area contributed by atoms with Gasteiger partial charge in [-0.25, -0.2) is 0 Å². The maximum Gasteiger partial charge on any atom is 0.170 e. The van der Waals surface area contributed by atoms with Crippen molar-refractivity contribution in [3.8, 4) is 0 Å². The van der Waals surface area contributed by atoms with Crippen LogP contribution in [0.5, 0.6) is 0 Å². The maximum absolute atomic E-state index is 10.2. The summed E-state index contributed by atoms with van der Waals surface area (Å²) in [6.07, 6.45) is 6.87. The second kappa shape index (κ2) is 8.32. The van der Waals surface area contributed by atoms with E-state index in [0.29, 0.717) is 25.2 Å². The molecule has 1 aliphatic carbocycles. The molecule has 0 aromatic heterocycles.